The molecule has 0 unspecified atom stereocenters. The van der Waals surface area contributed by atoms with E-state index in [2.05, 4.69) is 36.4 Å². The number of ether oxygens (including phenoxy) is 1. The first-order valence-corrected chi connectivity index (χ1v) is 7.93. The highest BCUT2D eigenvalue weighted by Crippen LogP contribution is 2.37. The number of para-hydroxylation sites is 1. The predicted octanol–water partition coefficient (Wildman–Crippen LogP) is 4.33. The maximum atomic E-state index is 6.26. The first kappa shape index (κ1) is 15.7. The number of rotatable bonds is 6. The molecular formula is C17H27N3O. The van der Waals surface area contributed by atoms with E-state index in [4.69, 9.17) is 10.5 Å². The van der Waals surface area contributed by atoms with E-state index in [0.717, 1.165) is 36.0 Å². The molecule has 1 heterocycles. The Kier molecular flexibility index (Phi) is 4.45. The van der Waals surface area contributed by atoms with Crippen LogP contribution in [0.15, 0.2) is 18.2 Å². The molecule has 0 atom stereocenters. The molecule has 0 aliphatic heterocycles. The lowest BCUT2D eigenvalue weighted by molar-refractivity contribution is 0.245. The number of nitrogen functional groups attached to an aromatic ring is 1. The summed E-state index contributed by atoms with van der Waals surface area (Å²) in [6.45, 7) is 10.7. The summed E-state index contributed by atoms with van der Waals surface area (Å²) >= 11 is 0. The second-order valence-electron chi connectivity index (χ2n) is 5.88. The van der Waals surface area contributed by atoms with Crippen LogP contribution in [-0.4, -0.2) is 15.7 Å². The molecule has 0 saturated heterocycles. The van der Waals surface area contributed by atoms with Gasteiger partial charge in [0.15, 0.2) is 0 Å². The van der Waals surface area contributed by atoms with Crippen LogP contribution in [0.4, 0.5) is 5.95 Å². The SMILES string of the molecule is CCC(CC)(CC)n1c(N)nc2c(OC(C)C)cccc21. The Morgan fingerprint density at radius 3 is 2.33 bits per heavy atom. The highest BCUT2D eigenvalue weighted by Gasteiger charge is 2.30. The van der Waals surface area contributed by atoms with E-state index in [1.54, 1.807) is 0 Å². The number of hydrogen-bond acceptors (Lipinski definition) is 3. The molecule has 4 heteroatoms. The van der Waals surface area contributed by atoms with Crippen LogP contribution in [0.5, 0.6) is 5.75 Å². The lowest BCUT2D eigenvalue weighted by Gasteiger charge is -2.33. The topological polar surface area (TPSA) is 53.1 Å². The third-order valence-electron chi connectivity index (χ3n) is 4.49. The van der Waals surface area contributed by atoms with Crippen LogP contribution in [0.1, 0.15) is 53.9 Å². The predicted molar refractivity (Wildman–Crippen MR) is 88.8 cm³/mol. The molecule has 0 bridgehead atoms. The molecule has 2 N–H and O–H groups in total. The Morgan fingerprint density at radius 2 is 1.81 bits per heavy atom. The molecule has 2 rings (SSSR count). The van der Waals surface area contributed by atoms with Gasteiger partial charge in [-0.2, -0.15) is 0 Å². The van der Waals surface area contributed by atoms with Gasteiger partial charge < -0.3 is 15.0 Å². The van der Waals surface area contributed by atoms with E-state index in [0.29, 0.717) is 5.95 Å². The number of anilines is 1. The molecule has 21 heavy (non-hydrogen) atoms. The average molecular weight is 289 g/mol. The number of imidazole rings is 1. The van der Waals surface area contributed by atoms with Crippen LogP contribution in [0.3, 0.4) is 0 Å². The molecule has 116 valence electrons. The number of fused-ring (bicyclic) bond motifs is 1. The molecule has 0 fully saturated rings. The Labute approximate surface area is 127 Å². The summed E-state index contributed by atoms with van der Waals surface area (Å²) in [5, 5.41) is 0. The van der Waals surface area contributed by atoms with Gasteiger partial charge in [0.05, 0.1) is 11.6 Å². The zero-order valence-corrected chi connectivity index (χ0v) is 13.8. The van der Waals surface area contributed by atoms with Gasteiger partial charge in [0.1, 0.15) is 11.3 Å². The number of nitrogens with two attached hydrogens (primary N) is 1. The van der Waals surface area contributed by atoms with Crippen LogP contribution < -0.4 is 10.5 Å². The van der Waals surface area contributed by atoms with E-state index in [1.165, 1.54) is 0 Å². The van der Waals surface area contributed by atoms with Gasteiger partial charge in [-0.25, -0.2) is 4.98 Å². The fourth-order valence-corrected chi connectivity index (χ4v) is 3.16. The van der Waals surface area contributed by atoms with Gasteiger partial charge in [-0.1, -0.05) is 26.8 Å². The summed E-state index contributed by atoms with van der Waals surface area (Å²) in [4.78, 5) is 4.59. The van der Waals surface area contributed by atoms with E-state index in [-0.39, 0.29) is 11.6 Å². The minimum atomic E-state index is 0.0231. The smallest absolute Gasteiger partial charge is 0.201 e. The molecule has 0 amide bonds. The van der Waals surface area contributed by atoms with Crippen LogP contribution >= 0.6 is 0 Å². The van der Waals surface area contributed by atoms with E-state index in [1.807, 2.05) is 26.0 Å². The number of nitrogens with zero attached hydrogens (tertiary/aromatic N) is 2. The molecule has 2 aromatic rings. The van der Waals surface area contributed by atoms with Gasteiger partial charge in [-0.15, -0.1) is 0 Å². The number of benzene rings is 1. The van der Waals surface area contributed by atoms with E-state index >= 15 is 0 Å². The fourth-order valence-electron chi connectivity index (χ4n) is 3.16. The van der Waals surface area contributed by atoms with Crippen molar-refractivity contribution in [2.24, 2.45) is 0 Å². The van der Waals surface area contributed by atoms with Crippen molar-refractivity contribution < 1.29 is 4.74 Å². The van der Waals surface area contributed by atoms with E-state index < -0.39 is 0 Å². The van der Waals surface area contributed by atoms with Crippen molar-refractivity contribution in [2.45, 2.75) is 65.5 Å². The quantitative estimate of drug-likeness (QED) is 0.861. The van der Waals surface area contributed by atoms with Gasteiger partial charge in [0.2, 0.25) is 5.95 Å². The molecule has 0 aliphatic carbocycles. The first-order valence-electron chi connectivity index (χ1n) is 7.93. The Hall–Kier alpha value is -1.71. The minimum Gasteiger partial charge on any atom is -0.489 e. The number of hydrogen-bond donors (Lipinski definition) is 1. The van der Waals surface area contributed by atoms with Crippen molar-refractivity contribution in [1.29, 1.82) is 0 Å². The van der Waals surface area contributed by atoms with Crippen LogP contribution in [0, 0.1) is 0 Å². The standard InChI is InChI=1S/C17H27N3O/c1-6-17(7-2,8-3)20-13-10-9-11-14(21-12(4)5)15(13)19-16(20)18/h9-12H,6-8H2,1-5H3,(H2,18,19). The highest BCUT2D eigenvalue weighted by molar-refractivity contribution is 5.84. The third-order valence-corrected chi connectivity index (χ3v) is 4.49. The van der Waals surface area contributed by atoms with Crippen molar-refractivity contribution in [3.63, 3.8) is 0 Å². The molecule has 4 nitrogen and oxygen atoms in total. The minimum absolute atomic E-state index is 0.0231. The van der Waals surface area contributed by atoms with Crippen molar-refractivity contribution in [1.82, 2.24) is 9.55 Å². The summed E-state index contributed by atoms with van der Waals surface area (Å²) in [7, 11) is 0. The zero-order valence-electron chi connectivity index (χ0n) is 13.8. The zero-order chi connectivity index (χ0) is 15.6. The Bertz CT molecular complexity index is 604. The Morgan fingerprint density at radius 1 is 1.19 bits per heavy atom. The summed E-state index contributed by atoms with van der Waals surface area (Å²) < 4.78 is 8.08. The van der Waals surface area contributed by atoms with Crippen LogP contribution in [-0.2, 0) is 5.54 Å². The van der Waals surface area contributed by atoms with Crippen molar-refractivity contribution in [2.75, 3.05) is 5.73 Å². The van der Waals surface area contributed by atoms with Gasteiger partial charge in [-0.3, -0.25) is 0 Å². The third kappa shape index (κ3) is 2.59. The number of aromatic nitrogens is 2. The summed E-state index contributed by atoms with van der Waals surface area (Å²) in [6, 6.07) is 6.07. The molecule has 1 aromatic carbocycles. The van der Waals surface area contributed by atoms with Crippen molar-refractivity contribution in [3.05, 3.63) is 18.2 Å². The second kappa shape index (κ2) is 5.96. The Balaban J connectivity index is 2.68. The first-order chi connectivity index (χ1) is 9.99. The molecule has 0 saturated carbocycles. The van der Waals surface area contributed by atoms with Crippen molar-refractivity contribution >= 4 is 17.0 Å². The fraction of sp³-hybridized carbons (Fsp3) is 0.588. The van der Waals surface area contributed by atoms with Crippen molar-refractivity contribution in [3.8, 4) is 5.75 Å². The maximum absolute atomic E-state index is 6.26. The molecule has 0 aliphatic rings. The van der Waals surface area contributed by atoms with E-state index in [9.17, 15) is 0 Å². The summed E-state index contributed by atoms with van der Waals surface area (Å²) in [6.07, 6.45) is 3.22. The van der Waals surface area contributed by atoms with Gasteiger partial charge >= 0.3 is 0 Å². The maximum Gasteiger partial charge on any atom is 0.201 e. The van der Waals surface area contributed by atoms with Crippen LogP contribution in [0.2, 0.25) is 0 Å². The normalized spacial score (nSPS) is 12.3. The molecule has 0 spiro atoms. The molecule has 1 aromatic heterocycles. The average Bonchev–Trinajstić information content (AvgIpc) is 2.80. The van der Waals surface area contributed by atoms with Gasteiger partial charge in [0.25, 0.3) is 0 Å². The van der Waals surface area contributed by atoms with Gasteiger partial charge in [-0.05, 0) is 45.2 Å². The highest BCUT2D eigenvalue weighted by atomic mass is 16.5. The van der Waals surface area contributed by atoms with Gasteiger partial charge in [0, 0.05) is 5.54 Å². The largest absolute Gasteiger partial charge is 0.489 e. The monoisotopic (exact) mass is 289 g/mol. The second-order valence-corrected chi connectivity index (χ2v) is 5.88. The lowest BCUT2D eigenvalue weighted by Crippen LogP contribution is -2.32. The molecular weight excluding hydrogens is 262 g/mol. The van der Waals surface area contributed by atoms with Crippen LogP contribution in [0.25, 0.3) is 11.0 Å². The summed E-state index contributed by atoms with van der Waals surface area (Å²) in [5.74, 6) is 1.39. The summed E-state index contributed by atoms with van der Waals surface area (Å²) in [5.41, 5.74) is 8.22. The molecule has 0 radical (unpaired) electrons. The lowest BCUT2D eigenvalue weighted by atomic mass is 9.89.